The van der Waals surface area contributed by atoms with Crippen molar-refractivity contribution in [3.63, 3.8) is 0 Å². The molecule has 0 spiro atoms. The third kappa shape index (κ3) is 4.05. The number of carbonyl (C=O) groups is 2. The molecule has 2 amide bonds. The van der Waals surface area contributed by atoms with Gasteiger partial charge in [-0.05, 0) is 57.5 Å². The van der Waals surface area contributed by atoms with Crippen LogP contribution in [0.2, 0.25) is 0 Å². The normalized spacial score (nSPS) is 22.2. The molecule has 2 aliphatic rings. The molecule has 0 radical (unpaired) electrons. The van der Waals surface area contributed by atoms with E-state index in [1.165, 1.54) is 28.6 Å². The number of benzene rings is 1. The van der Waals surface area contributed by atoms with Gasteiger partial charge in [-0.15, -0.1) is 0 Å². The fourth-order valence-corrected chi connectivity index (χ4v) is 5.17. The zero-order valence-corrected chi connectivity index (χ0v) is 17.0. The molecular weight excluding hydrogens is 382 g/mol. The molecule has 2 aliphatic heterocycles. The predicted molar refractivity (Wildman–Crippen MR) is 104 cm³/mol. The summed E-state index contributed by atoms with van der Waals surface area (Å²) >= 11 is 0. The van der Waals surface area contributed by atoms with Gasteiger partial charge in [0, 0.05) is 24.8 Å². The van der Waals surface area contributed by atoms with Crippen molar-refractivity contribution in [3.05, 3.63) is 36.9 Å². The molecule has 2 saturated heterocycles. The zero-order chi connectivity index (χ0) is 20.7. The fraction of sp³-hybridized carbons (Fsp3) is 0.474. The Hall–Kier alpha value is -2.39. The molecule has 3 rings (SSSR count). The number of anilines is 1. The van der Waals surface area contributed by atoms with Gasteiger partial charge in [0.05, 0.1) is 10.9 Å². The number of hydrogen-bond acceptors (Lipinski definition) is 5. The van der Waals surface area contributed by atoms with Gasteiger partial charge in [-0.3, -0.25) is 4.79 Å². The summed E-state index contributed by atoms with van der Waals surface area (Å²) in [6.45, 7) is 9.36. The molecule has 2 bridgehead atoms. The molecule has 152 valence electrons. The summed E-state index contributed by atoms with van der Waals surface area (Å²) in [5.74, 6) is -0.366. The minimum absolute atomic E-state index is 0.153. The van der Waals surface area contributed by atoms with E-state index in [9.17, 15) is 18.0 Å². The van der Waals surface area contributed by atoms with Crippen LogP contribution in [0.15, 0.2) is 41.8 Å². The van der Waals surface area contributed by atoms with Crippen LogP contribution in [0.1, 0.15) is 27.2 Å². The molecule has 1 N–H and O–H groups in total. The SMILES string of the molecule is C=CC(=O)Nc1ccc(S(=O)(=O)N2CC3CC2CN3C(=O)OC(C)(C)C)cc1. The first-order valence-corrected chi connectivity index (χ1v) is 10.5. The Bertz CT molecular complexity index is 889. The Morgan fingerprint density at radius 1 is 1.18 bits per heavy atom. The van der Waals surface area contributed by atoms with Crippen molar-refractivity contribution in [2.75, 3.05) is 18.4 Å². The van der Waals surface area contributed by atoms with Gasteiger partial charge in [0.25, 0.3) is 0 Å². The lowest BCUT2D eigenvalue weighted by atomic mass is 10.2. The van der Waals surface area contributed by atoms with Gasteiger partial charge >= 0.3 is 6.09 Å². The Labute approximate surface area is 165 Å². The minimum Gasteiger partial charge on any atom is -0.444 e. The highest BCUT2D eigenvalue weighted by atomic mass is 32.2. The summed E-state index contributed by atoms with van der Waals surface area (Å²) < 4.78 is 32.9. The number of ether oxygens (including phenoxy) is 1. The number of hydrogen-bond donors (Lipinski definition) is 1. The molecule has 28 heavy (non-hydrogen) atoms. The number of nitrogens with one attached hydrogen (secondary N) is 1. The Kier molecular flexibility index (Phi) is 5.24. The second-order valence-corrected chi connectivity index (χ2v) is 9.86. The Balaban J connectivity index is 1.69. The van der Waals surface area contributed by atoms with Gasteiger partial charge in [0.15, 0.2) is 0 Å². The van der Waals surface area contributed by atoms with E-state index in [1.807, 2.05) is 0 Å². The van der Waals surface area contributed by atoms with E-state index in [1.54, 1.807) is 25.7 Å². The molecular formula is C19H25N3O5S. The van der Waals surface area contributed by atoms with Gasteiger partial charge in [-0.2, -0.15) is 4.31 Å². The molecule has 2 heterocycles. The minimum atomic E-state index is -3.68. The number of nitrogens with zero attached hydrogens (tertiary/aromatic N) is 2. The van der Waals surface area contributed by atoms with Gasteiger partial charge in [-0.1, -0.05) is 6.58 Å². The highest BCUT2D eigenvalue weighted by Crippen LogP contribution is 2.35. The molecule has 1 aromatic rings. The second-order valence-electron chi connectivity index (χ2n) is 7.97. The number of rotatable bonds is 4. The van der Waals surface area contributed by atoms with Crippen molar-refractivity contribution in [1.29, 1.82) is 0 Å². The van der Waals surface area contributed by atoms with Crippen LogP contribution in [0, 0.1) is 0 Å². The molecule has 8 nitrogen and oxygen atoms in total. The largest absolute Gasteiger partial charge is 0.444 e. The second kappa shape index (κ2) is 7.21. The van der Waals surface area contributed by atoms with Crippen molar-refractivity contribution < 1.29 is 22.7 Å². The number of likely N-dealkylation sites (tertiary alicyclic amines) is 1. The number of carbonyl (C=O) groups excluding carboxylic acids is 2. The van der Waals surface area contributed by atoms with E-state index in [0.717, 1.165) is 6.08 Å². The Morgan fingerprint density at radius 3 is 2.32 bits per heavy atom. The maximum atomic E-state index is 13.0. The maximum absolute atomic E-state index is 13.0. The lowest BCUT2D eigenvalue weighted by Crippen LogP contribution is -2.51. The average Bonchev–Trinajstić information content (AvgIpc) is 3.21. The summed E-state index contributed by atoms with van der Waals surface area (Å²) in [5.41, 5.74) is -0.101. The van der Waals surface area contributed by atoms with Gasteiger partial charge in [0.2, 0.25) is 15.9 Å². The van der Waals surface area contributed by atoms with Crippen LogP contribution >= 0.6 is 0 Å². The first-order chi connectivity index (χ1) is 13.0. The van der Waals surface area contributed by atoms with Gasteiger partial charge < -0.3 is 15.0 Å². The summed E-state index contributed by atoms with van der Waals surface area (Å²) in [6.07, 6.45) is 1.34. The smallest absolute Gasteiger partial charge is 0.410 e. The molecule has 0 aliphatic carbocycles. The third-order valence-corrected chi connectivity index (χ3v) is 6.66. The molecule has 2 fully saturated rings. The average molecular weight is 407 g/mol. The number of fused-ring (bicyclic) bond motifs is 2. The molecule has 2 unspecified atom stereocenters. The number of amides is 2. The summed E-state index contributed by atoms with van der Waals surface area (Å²) in [4.78, 5) is 25.4. The van der Waals surface area contributed by atoms with Gasteiger partial charge in [-0.25, -0.2) is 13.2 Å². The van der Waals surface area contributed by atoms with Crippen molar-refractivity contribution in [2.24, 2.45) is 0 Å². The van der Waals surface area contributed by atoms with Crippen LogP contribution in [0.3, 0.4) is 0 Å². The molecule has 9 heteroatoms. The topological polar surface area (TPSA) is 96.0 Å². The number of piperazine rings is 1. The number of sulfonamides is 1. The van der Waals surface area contributed by atoms with E-state index < -0.39 is 21.7 Å². The van der Waals surface area contributed by atoms with Crippen LogP contribution < -0.4 is 5.32 Å². The summed E-state index contributed by atoms with van der Waals surface area (Å²) in [6, 6.07) is 5.56. The van der Waals surface area contributed by atoms with E-state index in [0.29, 0.717) is 18.7 Å². The van der Waals surface area contributed by atoms with Crippen LogP contribution in [-0.2, 0) is 19.6 Å². The summed E-state index contributed by atoms with van der Waals surface area (Å²) in [7, 11) is -3.68. The quantitative estimate of drug-likeness (QED) is 0.772. The van der Waals surface area contributed by atoms with Crippen LogP contribution in [0.25, 0.3) is 0 Å². The predicted octanol–water partition coefficient (Wildman–Crippen LogP) is 2.19. The zero-order valence-electron chi connectivity index (χ0n) is 16.2. The van der Waals surface area contributed by atoms with E-state index in [2.05, 4.69) is 11.9 Å². The highest BCUT2D eigenvalue weighted by molar-refractivity contribution is 7.89. The Morgan fingerprint density at radius 2 is 1.82 bits per heavy atom. The lowest BCUT2D eigenvalue weighted by molar-refractivity contribution is -0.111. The first kappa shape index (κ1) is 20.3. The van der Waals surface area contributed by atoms with Crippen molar-refractivity contribution >= 4 is 27.7 Å². The fourth-order valence-electron chi connectivity index (χ4n) is 3.51. The molecule has 1 aromatic carbocycles. The van der Waals surface area contributed by atoms with Gasteiger partial charge in [0.1, 0.15) is 5.60 Å². The van der Waals surface area contributed by atoms with Crippen LogP contribution in [0.4, 0.5) is 10.5 Å². The lowest BCUT2D eigenvalue weighted by Gasteiger charge is -2.34. The highest BCUT2D eigenvalue weighted by Gasteiger charge is 2.50. The molecule has 0 saturated carbocycles. The van der Waals surface area contributed by atoms with Crippen molar-refractivity contribution in [3.8, 4) is 0 Å². The van der Waals surface area contributed by atoms with E-state index >= 15 is 0 Å². The third-order valence-electron chi connectivity index (χ3n) is 4.73. The summed E-state index contributed by atoms with van der Waals surface area (Å²) in [5, 5.41) is 2.58. The molecule has 0 aromatic heterocycles. The van der Waals surface area contributed by atoms with E-state index in [4.69, 9.17) is 4.74 Å². The first-order valence-electron chi connectivity index (χ1n) is 9.06. The van der Waals surface area contributed by atoms with Crippen LogP contribution in [0.5, 0.6) is 0 Å². The molecule has 2 atom stereocenters. The maximum Gasteiger partial charge on any atom is 0.410 e. The van der Waals surface area contributed by atoms with E-state index in [-0.39, 0.29) is 29.4 Å². The standard InChI is InChI=1S/C19H25N3O5S/c1-5-17(23)20-13-6-8-16(9-7-13)28(25,26)22-12-14-10-15(22)11-21(14)18(24)27-19(2,3)4/h5-9,14-15H,1,10-12H2,2-4H3,(H,20,23). The van der Waals surface area contributed by atoms with Crippen molar-refractivity contribution in [1.82, 2.24) is 9.21 Å². The monoisotopic (exact) mass is 407 g/mol. The van der Waals surface area contributed by atoms with Crippen molar-refractivity contribution in [2.45, 2.75) is 49.8 Å². The van der Waals surface area contributed by atoms with Crippen LogP contribution in [-0.4, -0.2) is 60.4 Å².